The lowest BCUT2D eigenvalue weighted by molar-refractivity contribution is -0.149. The van der Waals surface area contributed by atoms with Gasteiger partial charge in [0.2, 0.25) is 0 Å². The van der Waals surface area contributed by atoms with Crippen molar-refractivity contribution in [3.05, 3.63) is 58.1 Å². The first-order valence-corrected chi connectivity index (χ1v) is 8.25. The van der Waals surface area contributed by atoms with Crippen LogP contribution in [-0.4, -0.2) is 30.9 Å². The van der Waals surface area contributed by atoms with Gasteiger partial charge in [-0.25, -0.2) is 4.79 Å². The van der Waals surface area contributed by atoms with Crippen molar-refractivity contribution in [2.24, 2.45) is 0 Å². The number of hydrogen-bond acceptors (Lipinski definition) is 5. The average Bonchev–Trinajstić information content (AvgIpc) is 2.62. The van der Waals surface area contributed by atoms with Gasteiger partial charge in [0.1, 0.15) is 5.75 Å². The summed E-state index contributed by atoms with van der Waals surface area (Å²) in [6.07, 6.45) is 0. The number of esters is 1. The van der Waals surface area contributed by atoms with E-state index in [-0.39, 0.29) is 10.8 Å². The number of benzene rings is 2. The molecule has 2 rings (SSSR count). The number of Topliss-reactive ketones (excluding diaryl/α,β-unsaturated/α-hetero) is 1. The molecule has 136 valence electrons. The van der Waals surface area contributed by atoms with Gasteiger partial charge in [0.25, 0.3) is 5.91 Å². The molecule has 1 N–H and O–H groups in total. The topological polar surface area (TPSA) is 81.7 Å². The van der Waals surface area contributed by atoms with Gasteiger partial charge in [-0.2, -0.15) is 0 Å². The van der Waals surface area contributed by atoms with Gasteiger partial charge in [-0.3, -0.25) is 9.59 Å². The van der Waals surface area contributed by atoms with Gasteiger partial charge in [0.05, 0.1) is 15.7 Å². The van der Waals surface area contributed by atoms with Crippen LogP contribution in [0.3, 0.4) is 0 Å². The monoisotopic (exact) mass is 395 g/mol. The third kappa shape index (κ3) is 5.75. The molecule has 0 aliphatic heterocycles. The SMILES string of the molecule is CC(=O)c1cccc(OCC(=O)OCC(=O)Nc2cccc(Cl)c2Cl)c1. The van der Waals surface area contributed by atoms with Gasteiger partial charge in [0.15, 0.2) is 19.0 Å². The Morgan fingerprint density at radius 3 is 2.50 bits per heavy atom. The molecule has 0 aliphatic rings. The largest absolute Gasteiger partial charge is 0.482 e. The van der Waals surface area contributed by atoms with Crippen molar-refractivity contribution >= 4 is 46.5 Å². The highest BCUT2D eigenvalue weighted by atomic mass is 35.5. The zero-order valence-electron chi connectivity index (χ0n) is 13.8. The third-order valence-electron chi connectivity index (χ3n) is 3.19. The molecule has 0 radical (unpaired) electrons. The minimum atomic E-state index is -0.731. The van der Waals surface area contributed by atoms with Crippen LogP contribution in [0.4, 0.5) is 5.69 Å². The summed E-state index contributed by atoms with van der Waals surface area (Å²) in [4.78, 5) is 34.8. The van der Waals surface area contributed by atoms with Crippen LogP contribution in [0.2, 0.25) is 10.0 Å². The second kappa shape index (κ2) is 9.22. The van der Waals surface area contributed by atoms with Crippen LogP contribution >= 0.6 is 23.2 Å². The first-order valence-electron chi connectivity index (χ1n) is 7.50. The summed E-state index contributed by atoms with van der Waals surface area (Å²) in [5.74, 6) is -1.06. The average molecular weight is 396 g/mol. The number of ketones is 1. The molecule has 0 aromatic heterocycles. The Labute approximate surface area is 160 Å². The molecule has 6 nitrogen and oxygen atoms in total. The molecule has 0 heterocycles. The maximum atomic E-state index is 11.8. The highest BCUT2D eigenvalue weighted by molar-refractivity contribution is 6.44. The Bertz CT molecular complexity index is 838. The Kier molecular flexibility index (Phi) is 7.00. The standard InChI is InChI=1S/C18H15Cl2NO5/c1-11(22)12-4-2-5-13(8-12)25-10-17(24)26-9-16(23)21-15-7-3-6-14(19)18(15)20/h2-8H,9-10H2,1H3,(H,21,23). The molecule has 0 saturated heterocycles. The number of ether oxygens (including phenoxy) is 2. The molecule has 0 spiro atoms. The fourth-order valence-corrected chi connectivity index (χ4v) is 2.27. The summed E-state index contributed by atoms with van der Waals surface area (Å²) in [7, 11) is 0. The fraction of sp³-hybridized carbons (Fsp3) is 0.167. The minimum absolute atomic E-state index is 0.116. The van der Waals surface area contributed by atoms with Crippen molar-refractivity contribution in [1.29, 1.82) is 0 Å². The molecule has 8 heteroatoms. The number of hydrogen-bond donors (Lipinski definition) is 1. The molecule has 2 aromatic rings. The highest BCUT2D eigenvalue weighted by Crippen LogP contribution is 2.29. The number of carbonyl (C=O) groups excluding carboxylic acids is 3. The predicted molar refractivity (Wildman–Crippen MR) is 98.0 cm³/mol. The smallest absolute Gasteiger partial charge is 0.344 e. The van der Waals surface area contributed by atoms with E-state index in [9.17, 15) is 14.4 Å². The maximum absolute atomic E-state index is 11.8. The summed E-state index contributed by atoms with van der Waals surface area (Å²) < 4.78 is 10.1. The first-order chi connectivity index (χ1) is 12.4. The van der Waals surface area contributed by atoms with Gasteiger partial charge in [-0.1, -0.05) is 41.4 Å². The van der Waals surface area contributed by atoms with Crippen LogP contribution < -0.4 is 10.1 Å². The van der Waals surface area contributed by atoms with Crippen molar-refractivity contribution in [2.45, 2.75) is 6.92 Å². The molecule has 0 unspecified atom stereocenters. The highest BCUT2D eigenvalue weighted by Gasteiger charge is 2.12. The number of nitrogens with one attached hydrogen (secondary N) is 1. The first kappa shape index (κ1) is 19.8. The van der Waals surface area contributed by atoms with Crippen LogP contribution in [-0.2, 0) is 14.3 Å². The van der Waals surface area contributed by atoms with E-state index in [1.165, 1.54) is 13.0 Å². The minimum Gasteiger partial charge on any atom is -0.482 e. The van der Waals surface area contributed by atoms with Crippen LogP contribution in [0.1, 0.15) is 17.3 Å². The fourth-order valence-electron chi connectivity index (χ4n) is 1.92. The van der Waals surface area contributed by atoms with Crippen LogP contribution in [0.25, 0.3) is 0 Å². The number of rotatable bonds is 7. The van der Waals surface area contributed by atoms with Crippen molar-refractivity contribution < 1.29 is 23.9 Å². The van der Waals surface area contributed by atoms with Gasteiger partial charge in [-0.05, 0) is 31.2 Å². The van der Waals surface area contributed by atoms with Gasteiger partial charge in [0, 0.05) is 5.56 Å². The maximum Gasteiger partial charge on any atom is 0.344 e. The number of anilines is 1. The molecular formula is C18H15Cl2NO5. The number of carbonyl (C=O) groups is 3. The van der Waals surface area contributed by atoms with Crippen molar-refractivity contribution in [3.63, 3.8) is 0 Å². The Balaban J connectivity index is 1.79. The van der Waals surface area contributed by atoms with Crippen LogP contribution in [0, 0.1) is 0 Å². The molecule has 0 aliphatic carbocycles. The second-order valence-corrected chi connectivity index (χ2v) is 5.97. The van der Waals surface area contributed by atoms with E-state index in [1.54, 1.807) is 36.4 Å². The summed E-state index contributed by atoms with van der Waals surface area (Å²) >= 11 is 11.8. The number of amides is 1. The van der Waals surface area contributed by atoms with E-state index < -0.39 is 25.1 Å². The Hall–Kier alpha value is -2.57. The van der Waals surface area contributed by atoms with Crippen LogP contribution in [0.5, 0.6) is 5.75 Å². The van der Waals surface area contributed by atoms with Gasteiger partial charge in [-0.15, -0.1) is 0 Å². The lowest BCUT2D eigenvalue weighted by Crippen LogP contribution is -2.23. The molecule has 1 amide bonds. The lowest BCUT2D eigenvalue weighted by Gasteiger charge is -2.09. The van der Waals surface area contributed by atoms with E-state index in [0.29, 0.717) is 22.0 Å². The third-order valence-corrected chi connectivity index (χ3v) is 4.01. The molecule has 0 fully saturated rings. The van der Waals surface area contributed by atoms with Crippen molar-refractivity contribution in [3.8, 4) is 5.75 Å². The van der Waals surface area contributed by atoms with Crippen molar-refractivity contribution in [2.75, 3.05) is 18.5 Å². The zero-order chi connectivity index (χ0) is 19.1. The van der Waals surface area contributed by atoms with E-state index >= 15 is 0 Å². The van der Waals surface area contributed by atoms with Crippen molar-refractivity contribution in [1.82, 2.24) is 0 Å². The molecule has 0 atom stereocenters. The van der Waals surface area contributed by atoms with Gasteiger partial charge < -0.3 is 14.8 Å². The van der Waals surface area contributed by atoms with E-state index in [4.69, 9.17) is 32.7 Å². The molecule has 0 saturated carbocycles. The molecule has 0 bridgehead atoms. The normalized spacial score (nSPS) is 10.1. The number of halogens is 2. The van der Waals surface area contributed by atoms with Crippen LogP contribution in [0.15, 0.2) is 42.5 Å². The summed E-state index contributed by atoms with van der Waals surface area (Å²) in [6, 6.07) is 11.2. The quantitative estimate of drug-likeness (QED) is 0.570. The van der Waals surface area contributed by atoms with E-state index in [0.717, 1.165) is 0 Å². The summed E-state index contributed by atoms with van der Waals surface area (Å²) in [6.45, 7) is 0.531. The second-order valence-electron chi connectivity index (χ2n) is 5.18. The summed E-state index contributed by atoms with van der Waals surface area (Å²) in [5.41, 5.74) is 0.783. The predicted octanol–water partition coefficient (Wildman–Crippen LogP) is 3.76. The Morgan fingerprint density at radius 1 is 1.04 bits per heavy atom. The van der Waals surface area contributed by atoms with E-state index in [2.05, 4.69) is 5.32 Å². The molecular weight excluding hydrogens is 381 g/mol. The lowest BCUT2D eigenvalue weighted by atomic mass is 10.1. The summed E-state index contributed by atoms with van der Waals surface area (Å²) in [5, 5.41) is 2.98. The van der Waals surface area contributed by atoms with E-state index in [1.807, 2.05) is 0 Å². The Morgan fingerprint density at radius 2 is 1.77 bits per heavy atom. The van der Waals surface area contributed by atoms with Gasteiger partial charge >= 0.3 is 5.97 Å². The molecule has 26 heavy (non-hydrogen) atoms. The molecule has 2 aromatic carbocycles. The zero-order valence-corrected chi connectivity index (χ0v) is 15.3.